The Morgan fingerprint density at radius 3 is 2.50 bits per heavy atom. The number of hydrazine groups is 1. The third-order valence-corrected chi connectivity index (χ3v) is 4.36. The third-order valence-electron chi connectivity index (χ3n) is 4.36. The van der Waals surface area contributed by atoms with E-state index in [0.29, 0.717) is 0 Å². The van der Waals surface area contributed by atoms with E-state index in [9.17, 15) is 0 Å². The van der Waals surface area contributed by atoms with Crippen LogP contribution < -0.4 is 0 Å². The lowest BCUT2D eigenvalue weighted by molar-refractivity contribution is -0.756. The van der Waals surface area contributed by atoms with Crippen LogP contribution >= 0.6 is 0 Å². The first-order valence-electron chi connectivity index (χ1n) is 8.00. The molecule has 2 aromatic carbocycles. The highest BCUT2D eigenvalue weighted by molar-refractivity contribution is 5.54. The monoisotopic (exact) mass is 290 g/mol. The number of fused-ring (bicyclic) bond motifs is 1. The van der Waals surface area contributed by atoms with Gasteiger partial charge in [0, 0.05) is 9.92 Å². The predicted octanol–water partition coefficient (Wildman–Crippen LogP) is 4.56. The largest absolute Gasteiger partial charge is 0.255 e. The molecule has 110 valence electrons. The molecule has 0 aliphatic carbocycles. The third kappa shape index (κ3) is 2.43. The molecule has 0 spiro atoms. The molecule has 1 fully saturated rings. The number of hydrogen-bond acceptors (Lipinski definition) is 2. The number of hydrogen-bond donors (Lipinski definition) is 0. The summed E-state index contributed by atoms with van der Waals surface area (Å²) in [7, 11) is 0. The van der Waals surface area contributed by atoms with Gasteiger partial charge in [-0.1, -0.05) is 48.5 Å². The Hall–Kier alpha value is -2.42. The average molecular weight is 290 g/mol. The second-order valence-electron chi connectivity index (χ2n) is 5.85. The van der Waals surface area contributed by atoms with Gasteiger partial charge < -0.3 is 0 Å². The molecule has 4 rings (SSSR count). The van der Waals surface area contributed by atoms with Crippen molar-refractivity contribution in [3.63, 3.8) is 0 Å². The summed E-state index contributed by atoms with van der Waals surface area (Å²) in [5.41, 5.74) is 3.62. The van der Waals surface area contributed by atoms with E-state index >= 15 is 0 Å². The number of benzene rings is 2. The number of nitrogens with zero attached hydrogens (tertiary/aromatic N) is 3. The molecular formula is C19H20N3+. The quantitative estimate of drug-likeness (QED) is 0.758. The molecule has 0 amide bonds. The molecule has 2 aromatic rings. The highest BCUT2D eigenvalue weighted by Crippen LogP contribution is 2.37. The van der Waals surface area contributed by atoms with Gasteiger partial charge >= 0.3 is 0 Å². The number of rotatable bonds is 3. The van der Waals surface area contributed by atoms with Gasteiger partial charge in [0.2, 0.25) is 0 Å². The Labute approximate surface area is 131 Å². The van der Waals surface area contributed by atoms with Gasteiger partial charge in [-0.2, -0.15) is 5.01 Å². The Bertz CT molecular complexity index is 712. The van der Waals surface area contributed by atoms with Crippen LogP contribution in [0.25, 0.3) is 6.08 Å². The molecule has 1 saturated heterocycles. The van der Waals surface area contributed by atoms with E-state index in [4.69, 9.17) is 5.11 Å². The van der Waals surface area contributed by atoms with Gasteiger partial charge in [0.15, 0.2) is 0 Å². The van der Waals surface area contributed by atoms with Crippen molar-refractivity contribution in [1.29, 1.82) is 0 Å². The summed E-state index contributed by atoms with van der Waals surface area (Å²) >= 11 is 0. The van der Waals surface area contributed by atoms with Crippen LogP contribution in [0.3, 0.4) is 0 Å². The molecule has 0 aromatic heterocycles. The van der Waals surface area contributed by atoms with Crippen LogP contribution in [0.4, 0.5) is 5.69 Å². The fraction of sp³-hybridized carbons (Fsp3) is 0.263. The standard InChI is InChI=1S/C19H20N3/c1-2-8-16(9-3-1)12-13-19-17-10-4-5-11-18(17)20-22(19)21-14-6-7-15-21/h1-5,8-13,19H,6-7,14-15H2/q+1/b13-12+. The van der Waals surface area contributed by atoms with E-state index in [2.05, 4.69) is 70.5 Å². The van der Waals surface area contributed by atoms with Gasteiger partial charge in [0.1, 0.15) is 5.69 Å². The second-order valence-corrected chi connectivity index (χ2v) is 5.85. The van der Waals surface area contributed by atoms with Crippen molar-refractivity contribution < 1.29 is 4.81 Å². The first-order valence-corrected chi connectivity index (χ1v) is 8.00. The van der Waals surface area contributed by atoms with Crippen molar-refractivity contribution in [3.05, 3.63) is 71.8 Å². The van der Waals surface area contributed by atoms with Crippen LogP contribution in [0.1, 0.15) is 30.0 Å². The normalized spacial score (nSPS) is 20.5. The predicted molar refractivity (Wildman–Crippen MR) is 87.8 cm³/mol. The van der Waals surface area contributed by atoms with Gasteiger partial charge in [-0.3, -0.25) is 0 Å². The summed E-state index contributed by atoms with van der Waals surface area (Å²) in [6.07, 6.45) is 6.99. The molecule has 3 nitrogen and oxygen atoms in total. The molecule has 2 heterocycles. The summed E-state index contributed by atoms with van der Waals surface area (Å²) in [6, 6.07) is 19.1. The van der Waals surface area contributed by atoms with Crippen molar-refractivity contribution in [2.45, 2.75) is 18.9 Å². The lowest BCUT2D eigenvalue weighted by atomic mass is 10.0. The maximum Gasteiger partial charge on any atom is 0.255 e. The summed E-state index contributed by atoms with van der Waals surface area (Å²) in [4.78, 5) is 2.18. The van der Waals surface area contributed by atoms with E-state index in [1.807, 2.05) is 6.07 Å². The van der Waals surface area contributed by atoms with Gasteiger partial charge in [-0.15, -0.1) is 0 Å². The minimum absolute atomic E-state index is 0.203. The zero-order valence-electron chi connectivity index (χ0n) is 12.6. The second kappa shape index (κ2) is 5.76. The molecule has 0 bridgehead atoms. The molecular weight excluding hydrogens is 270 g/mol. The SMILES string of the molecule is C(=C\C1c2ccccc2N=[N+]1N1CCCC1)/c1ccccc1. The molecule has 22 heavy (non-hydrogen) atoms. The molecule has 2 aliphatic rings. The van der Waals surface area contributed by atoms with Crippen LogP contribution in [-0.2, 0) is 0 Å². The van der Waals surface area contributed by atoms with Crippen LogP contribution in [-0.4, -0.2) is 22.9 Å². The molecule has 3 heteroatoms. The fourth-order valence-corrected chi connectivity index (χ4v) is 3.22. The molecule has 2 aliphatic heterocycles. The van der Waals surface area contributed by atoms with Gasteiger partial charge in [-0.05, 0) is 36.6 Å². The highest BCUT2D eigenvalue weighted by atomic mass is 15.7. The maximum absolute atomic E-state index is 4.84. The zero-order valence-corrected chi connectivity index (χ0v) is 12.6. The first-order chi connectivity index (χ1) is 10.9. The summed E-state index contributed by atoms with van der Waals surface area (Å²) in [6.45, 7) is 2.21. The highest BCUT2D eigenvalue weighted by Gasteiger charge is 2.38. The van der Waals surface area contributed by atoms with Crippen molar-refractivity contribution in [2.75, 3.05) is 13.1 Å². The molecule has 0 N–H and O–H groups in total. The fourth-order valence-electron chi connectivity index (χ4n) is 3.22. The van der Waals surface area contributed by atoms with E-state index in [-0.39, 0.29) is 6.04 Å². The van der Waals surface area contributed by atoms with Crippen molar-refractivity contribution in [3.8, 4) is 0 Å². The van der Waals surface area contributed by atoms with E-state index < -0.39 is 0 Å². The first kappa shape index (κ1) is 13.3. The molecule has 1 atom stereocenters. The average Bonchev–Trinajstić information content (AvgIpc) is 3.21. The molecule has 0 saturated carbocycles. The smallest absolute Gasteiger partial charge is 0.161 e. The number of azo groups is 1. The lowest BCUT2D eigenvalue weighted by Gasteiger charge is -2.13. The summed E-state index contributed by atoms with van der Waals surface area (Å²) in [5, 5.41) is 7.21. The van der Waals surface area contributed by atoms with Crippen LogP contribution in [0.15, 0.2) is 65.8 Å². The van der Waals surface area contributed by atoms with Crippen LogP contribution in [0.5, 0.6) is 0 Å². The van der Waals surface area contributed by atoms with Crippen LogP contribution in [0.2, 0.25) is 0 Å². The van der Waals surface area contributed by atoms with Crippen molar-refractivity contribution >= 4 is 11.8 Å². The Balaban J connectivity index is 1.68. The molecule has 0 radical (unpaired) electrons. The van der Waals surface area contributed by atoms with E-state index in [0.717, 1.165) is 18.8 Å². The minimum atomic E-state index is 0.203. The van der Waals surface area contributed by atoms with Crippen LogP contribution in [0, 0.1) is 0 Å². The zero-order chi connectivity index (χ0) is 14.8. The molecule has 1 unspecified atom stereocenters. The topological polar surface area (TPSA) is 18.6 Å². The van der Waals surface area contributed by atoms with Crippen molar-refractivity contribution in [1.82, 2.24) is 5.01 Å². The lowest BCUT2D eigenvalue weighted by Crippen LogP contribution is -2.31. The van der Waals surface area contributed by atoms with Crippen molar-refractivity contribution in [2.24, 2.45) is 5.11 Å². The Morgan fingerprint density at radius 1 is 0.955 bits per heavy atom. The summed E-state index contributed by atoms with van der Waals surface area (Å²) in [5.74, 6) is 0. The van der Waals surface area contributed by atoms with Gasteiger partial charge in [-0.25, -0.2) is 0 Å². The minimum Gasteiger partial charge on any atom is -0.161 e. The summed E-state index contributed by atoms with van der Waals surface area (Å²) < 4.78 is 0. The maximum atomic E-state index is 4.84. The Morgan fingerprint density at radius 2 is 1.68 bits per heavy atom. The van der Waals surface area contributed by atoms with E-state index in [1.54, 1.807) is 0 Å². The van der Waals surface area contributed by atoms with Gasteiger partial charge in [0.05, 0.1) is 18.7 Å². The van der Waals surface area contributed by atoms with Gasteiger partial charge in [0.25, 0.3) is 6.04 Å². The Kier molecular flexibility index (Phi) is 3.47. The van der Waals surface area contributed by atoms with E-state index in [1.165, 1.54) is 24.0 Å².